The molecule has 1 aromatic rings. The maximum absolute atomic E-state index is 5.98. The van der Waals surface area contributed by atoms with Crippen molar-refractivity contribution >= 4 is 30.4 Å². The van der Waals surface area contributed by atoms with E-state index in [0.29, 0.717) is 0 Å². The molecule has 0 bridgehead atoms. The van der Waals surface area contributed by atoms with Crippen LogP contribution in [0.1, 0.15) is 32.8 Å². The molecule has 0 heterocycles. The molecule has 0 atom stereocenters. The normalized spacial score (nSPS) is 12.5. The molecule has 0 saturated heterocycles. The van der Waals surface area contributed by atoms with E-state index < -0.39 is 13.3 Å². The summed E-state index contributed by atoms with van der Waals surface area (Å²) in [6.07, 6.45) is 2.96. The molecule has 1 rings (SSSR count). The first-order valence-corrected chi connectivity index (χ1v) is 13.2. The van der Waals surface area contributed by atoms with Gasteiger partial charge in [-0.15, -0.1) is 0 Å². The summed E-state index contributed by atoms with van der Waals surface area (Å²) >= 11 is 4.18. The van der Waals surface area contributed by atoms with Gasteiger partial charge in [-0.05, 0) is 0 Å². The van der Waals surface area contributed by atoms with Crippen LogP contribution in [0, 0.1) is 0 Å². The first-order chi connectivity index (χ1) is 9.10. The van der Waals surface area contributed by atoms with Crippen molar-refractivity contribution < 1.29 is 0 Å². The van der Waals surface area contributed by atoms with Crippen LogP contribution < -0.4 is 0 Å². The van der Waals surface area contributed by atoms with E-state index in [1.54, 1.807) is 0 Å². The fourth-order valence-corrected chi connectivity index (χ4v) is 9.21. The van der Waals surface area contributed by atoms with Crippen LogP contribution in [-0.4, -0.2) is 13.3 Å². The SMILES string of the molecule is C=CC/C(=[CH]\[Ge]([CH2]C)([CH2]C)[CH2]C)c1ccc(Cl)cc1. The topological polar surface area (TPSA) is 0 Å². The van der Waals surface area contributed by atoms with E-state index in [2.05, 4.69) is 44.4 Å². The molecule has 0 spiro atoms. The van der Waals surface area contributed by atoms with Gasteiger partial charge >= 0.3 is 126 Å². The molecule has 0 unspecified atom stereocenters. The van der Waals surface area contributed by atoms with Gasteiger partial charge in [-0.1, -0.05) is 0 Å². The van der Waals surface area contributed by atoms with Gasteiger partial charge in [0.05, 0.1) is 0 Å². The zero-order valence-corrected chi connectivity index (χ0v) is 15.2. The number of benzene rings is 1. The molecule has 104 valence electrons. The van der Waals surface area contributed by atoms with Crippen molar-refractivity contribution in [2.75, 3.05) is 0 Å². The van der Waals surface area contributed by atoms with Gasteiger partial charge in [0.25, 0.3) is 0 Å². The van der Waals surface area contributed by atoms with Crippen LogP contribution in [0.15, 0.2) is 41.8 Å². The Morgan fingerprint density at radius 2 is 1.63 bits per heavy atom. The van der Waals surface area contributed by atoms with Gasteiger partial charge < -0.3 is 0 Å². The Balaban J connectivity index is 3.18. The third-order valence-corrected chi connectivity index (χ3v) is 15.3. The van der Waals surface area contributed by atoms with E-state index in [4.69, 9.17) is 11.6 Å². The Labute approximate surface area is 125 Å². The summed E-state index contributed by atoms with van der Waals surface area (Å²) in [6.45, 7) is 11.0. The zero-order chi connectivity index (χ0) is 14.3. The molecular formula is C17H25ClGe. The van der Waals surface area contributed by atoms with Crippen LogP contribution in [0.2, 0.25) is 20.8 Å². The van der Waals surface area contributed by atoms with E-state index in [0.717, 1.165) is 11.4 Å². The van der Waals surface area contributed by atoms with Crippen molar-refractivity contribution in [1.29, 1.82) is 0 Å². The molecule has 0 aromatic heterocycles. The predicted molar refractivity (Wildman–Crippen MR) is 91.4 cm³/mol. The van der Waals surface area contributed by atoms with Crippen LogP contribution in [0.4, 0.5) is 0 Å². The Morgan fingerprint density at radius 1 is 1.11 bits per heavy atom. The van der Waals surface area contributed by atoms with Crippen LogP contribution >= 0.6 is 11.6 Å². The third-order valence-electron chi connectivity index (χ3n) is 4.17. The second-order valence-corrected chi connectivity index (χ2v) is 16.3. The van der Waals surface area contributed by atoms with Gasteiger partial charge in [0, 0.05) is 0 Å². The monoisotopic (exact) mass is 338 g/mol. The first-order valence-electron chi connectivity index (χ1n) is 7.19. The van der Waals surface area contributed by atoms with Gasteiger partial charge in [-0.3, -0.25) is 0 Å². The standard InChI is InChI=1S/C17H25ClGe/c1-5-9-16(14-19(6-2,7-3)8-4)15-10-12-17(18)13-11-15/h5,10-14H,1,6-9H2,2-4H3/b16-14+. The molecule has 0 fully saturated rings. The van der Waals surface area contributed by atoms with E-state index in [-0.39, 0.29) is 0 Å². The molecular weight excluding hydrogens is 312 g/mol. The number of halogens is 1. The fourth-order valence-electron chi connectivity index (χ4n) is 2.51. The van der Waals surface area contributed by atoms with E-state index in [1.807, 2.05) is 18.2 Å². The number of allylic oxidation sites excluding steroid dienone is 2. The summed E-state index contributed by atoms with van der Waals surface area (Å²) < 4.78 is 0. The summed E-state index contributed by atoms with van der Waals surface area (Å²) in [7, 11) is 0. The summed E-state index contributed by atoms with van der Waals surface area (Å²) in [4.78, 5) is 2.64. The zero-order valence-electron chi connectivity index (χ0n) is 12.4. The Bertz CT molecular complexity index is 419. The van der Waals surface area contributed by atoms with Gasteiger partial charge in [0.2, 0.25) is 0 Å². The summed E-state index contributed by atoms with van der Waals surface area (Å²) in [6, 6.07) is 8.22. The molecule has 0 aliphatic rings. The van der Waals surface area contributed by atoms with Crippen LogP contribution in [0.25, 0.3) is 5.57 Å². The Kier molecular flexibility index (Phi) is 6.95. The number of hydrogen-bond donors (Lipinski definition) is 0. The van der Waals surface area contributed by atoms with Crippen molar-refractivity contribution in [1.82, 2.24) is 0 Å². The molecule has 0 radical (unpaired) electrons. The second-order valence-electron chi connectivity index (χ2n) is 5.09. The summed E-state index contributed by atoms with van der Waals surface area (Å²) in [5, 5.41) is 4.89. The second kappa shape index (κ2) is 7.96. The van der Waals surface area contributed by atoms with Crippen LogP contribution in [0.5, 0.6) is 0 Å². The van der Waals surface area contributed by atoms with Crippen molar-refractivity contribution in [3.63, 3.8) is 0 Å². The van der Waals surface area contributed by atoms with Crippen molar-refractivity contribution in [2.24, 2.45) is 0 Å². The van der Waals surface area contributed by atoms with Gasteiger partial charge in [-0.25, -0.2) is 0 Å². The number of rotatable bonds is 7. The van der Waals surface area contributed by atoms with E-state index in [1.165, 1.54) is 26.9 Å². The maximum atomic E-state index is 5.98. The quantitative estimate of drug-likeness (QED) is 0.402. The van der Waals surface area contributed by atoms with Crippen molar-refractivity contribution in [2.45, 2.75) is 43.0 Å². The molecule has 0 saturated carbocycles. The molecule has 1 aromatic carbocycles. The predicted octanol–water partition coefficient (Wildman–Crippen LogP) is 6.35. The summed E-state index contributed by atoms with van der Waals surface area (Å²) in [5.74, 6) is 0. The molecule has 19 heavy (non-hydrogen) atoms. The first kappa shape index (κ1) is 16.6. The molecule has 0 N–H and O–H groups in total. The minimum absolute atomic E-state index is 0.802. The molecule has 0 nitrogen and oxygen atoms in total. The fraction of sp³-hybridized carbons (Fsp3) is 0.412. The Hall–Kier alpha value is -0.467. The molecule has 0 amide bonds. The van der Waals surface area contributed by atoms with Crippen molar-refractivity contribution in [3.05, 3.63) is 52.4 Å². The molecule has 0 aliphatic heterocycles. The van der Waals surface area contributed by atoms with E-state index >= 15 is 0 Å². The van der Waals surface area contributed by atoms with Gasteiger partial charge in [0.1, 0.15) is 0 Å². The average Bonchev–Trinajstić information content (AvgIpc) is 2.45. The van der Waals surface area contributed by atoms with Gasteiger partial charge in [-0.2, -0.15) is 0 Å². The Morgan fingerprint density at radius 3 is 2.05 bits per heavy atom. The van der Waals surface area contributed by atoms with Crippen LogP contribution in [-0.2, 0) is 0 Å². The molecule has 0 aliphatic carbocycles. The number of hydrogen-bond acceptors (Lipinski definition) is 0. The van der Waals surface area contributed by atoms with Crippen molar-refractivity contribution in [3.8, 4) is 0 Å². The van der Waals surface area contributed by atoms with Crippen LogP contribution in [0.3, 0.4) is 0 Å². The minimum atomic E-state index is -1.80. The average molecular weight is 337 g/mol. The van der Waals surface area contributed by atoms with Gasteiger partial charge in [0.15, 0.2) is 0 Å². The molecule has 2 heteroatoms. The third kappa shape index (κ3) is 4.54. The van der Waals surface area contributed by atoms with E-state index in [9.17, 15) is 0 Å². The summed E-state index contributed by atoms with van der Waals surface area (Å²) in [5.41, 5.74) is 2.74.